The molecule has 200 valence electrons. The van der Waals surface area contributed by atoms with Crippen molar-refractivity contribution in [1.29, 1.82) is 0 Å². The maximum atomic E-state index is 9.92. The molecule has 3 aliphatic rings. The van der Waals surface area contributed by atoms with Crippen LogP contribution in [0.4, 0.5) is 0 Å². The fourth-order valence-electron chi connectivity index (χ4n) is 6.57. The molecule has 1 aromatic heterocycles. The molecule has 1 fully saturated rings. The van der Waals surface area contributed by atoms with Gasteiger partial charge < -0.3 is 14.7 Å². The highest BCUT2D eigenvalue weighted by atomic mass is 32.1. The summed E-state index contributed by atoms with van der Waals surface area (Å²) in [5.74, 6) is 2.42. The van der Waals surface area contributed by atoms with Crippen LogP contribution >= 0.6 is 11.3 Å². The van der Waals surface area contributed by atoms with E-state index in [2.05, 4.69) is 53.2 Å². The zero-order chi connectivity index (χ0) is 25.6. The van der Waals surface area contributed by atoms with E-state index < -0.39 is 0 Å². The molecule has 2 aromatic rings. The smallest absolute Gasteiger partial charge is 0.116 e. The molecule has 37 heavy (non-hydrogen) atoms. The summed E-state index contributed by atoms with van der Waals surface area (Å²) >= 11 is 2.01. The highest BCUT2D eigenvalue weighted by Gasteiger charge is 2.34. The lowest BCUT2D eigenvalue weighted by atomic mass is 9.72. The number of aromatic hydroxyl groups is 1. The molecule has 0 amide bonds. The van der Waals surface area contributed by atoms with Crippen molar-refractivity contribution < 1.29 is 9.84 Å². The maximum Gasteiger partial charge on any atom is 0.116 e. The number of methoxy groups -OCH3 is 1. The largest absolute Gasteiger partial charge is 0.508 e. The summed E-state index contributed by atoms with van der Waals surface area (Å²) in [5, 5.41) is 9.92. The van der Waals surface area contributed by atoms with Gasteiger partial charge in [0.1, 0.15) is 11.5 Å². The number of hydrogen-bond donors (Lipinski definition) is 1. The van der Waals surface area contributed by atoms with Crippen LogP contribution in [-0.4, -0.2) is 54.2 Å². The van der Waals surface area contributed by atoms with E-state index in [4.69, 9.17) is 4.74 Å². The van der Waals surface area contributed by atoms with E-state index in [1.807, 2.05) is 23.5 Å². The van der Waals surface area contributed by atoms with Gasteiger partial charge in [-0.2, -0.15) is 0 Å². The van der Waals surface area contributed by atoms with Crippen molar-refractivity contribution in [3.8, 4) is 5.75 Å². The third kappa shape index (κ3) is 6.68. The Morgan fingerprint density at radius 3 is 2.65 bits per heavy atom. The highest BCUT2D eigenvalue weighted by molar-refractivity contribution is 7.11. The van der Waals surface area contributed by atoms with Crippen LogP contribution in [0.25, 0.3) is 0 Å². The first-order chi connectivity index (χ1) is 18.1. The van der Waals surface area contributed by atoms with Gasteiger partial charge in [-0.05, 0) is 118 Å². The number of aryl methyl sites for hydroxylation is 1. The van der Waals surface area contributed by atoms with Crippen molar-refractivity contribution >= 4 is 11.3 Å². The third-order valence-electron chi connectivity index (χ3n) is 8.73. The molecule has 2 aliphatic carbocycles. The van der Waals surface area contributed by atoms with Crippen LogP contribution in [0.15, 0.2) is 54.3 Å². The molecular weight excluding hydrogens is 476 g/mol. The van der Waals surface area contributed by atoms with Crippen molar-refractivity contribution in [2.45, 2.75) is 70.9 Å². The molecule has 2 heterocycles. The van der Waals surface area contributed by atoms with Gasteiger partial charge in [0.25, 0.3) is 0 Å². The van der Waals surface area contributed by atoms with E-state index in [0.29, 0.717) is 23.6 Å². The van der Waals surface area contributed by atoms with Gasteiger partial charge in [0.15, 0.2) is 0 Å². The number of likely N-dealkylation sites (tertiary alicyclic amines) is 1. The van der Waals surface area contributed by atoms with Crippen LogP contribution in [0.2, 0.25) is 0 Å². The maximum absolute atomic E-state index is 9.92. The quantitative estimate of drug-likeness (QED) is 0.405. The fraction of sp³-hybridized carbons (Fsp3) is 0.562. The minimum atomic E-state index is 0.330. The second-order valence-electron chi connectivity index (χ2n) is 11.1. The number of thiophene rings is 1. The van der Waals surface area contributed by atoms with Gasteiger partial charge in [0.2, 0.25) is 0 Å². The van der Waals surface area contributed by atoms with Crippen LogP contribution < -0.4 is 0 Å². The Bertz CT molecular complexity index is 1080. The molecular formula is C32H44N2O2S. The molecule has 1 aromatic carbocycles. The number of nitrogens with zero attached hydrogens (tertiary/aromatic N) is 2. The number of fused-ring (bicyclic) bond motifs is 1. The van der Waals surface area contributed by atoms with Gasteiger partial charge in [-0.25, -0.2) is 0 Å². The molecule has 0 spiro atoms. The summed E-state index contributed by atoms with van der Waals surface area (Å²) in [4.78, 5) is 8.31. The minimum Gasteiger partial charge on any atom is -0.508 e. The second-order valence-corrected chi connectivity index (χ2v) is 12.3. The normalized spacial score (nSPS) is 24.5. The van der Waals surface area contributed by atoms with E-state index >= 15 is 0 Å². The van der Waals surface area contributed by atoms with Gasteiger partial charge in [-0.1, -0.05) is 31.9 Å². The first kappa shape index (κ1) is 26.5. The minimum absolute atomic E-state index is 0.330. The van der Waals surface area contributed by atoms with Gasteiger partial charge in [0.05, 0.1) is 7.11 Å². The van der Waals surface area contributed by atoms with Crippen LogP contribution in [0, 0.1) is 11.8 Å². The number of phenols is 1. The topological polar surface area (TPSA) is 35.9 Å². The summed E-state index contributed by atoms with van der Waals surface area (Å²) in [5.41, 5.74) is 2.72. The third-order valence-corrected chi connectivity index (χ3v) is 9.86. The first-order valence-electron chi connectivity index (χ1n) is 14.4. The van der Waals surface area contributed by atoms with Crippen molar-refractivity contribution in [2.75, 3.05) is 33.3 Å². The van der Waals surface area contributed by atoms with E-state index in [0.717, 1.165) is 38.1 Å². The Balaban J connectivity index is 1.26. The fourth-order valence-corrected chi connectivity index (χ4v) is 7.60. The molecule has 3 atom stereocenters. The number of allylic oxidation sites excluding steroid dienone is 1. The SMILES string of the molecule is CCN(Cc1ccc(CCN2CCCCCC2)s1)C1C=C(OC)C=CC1[C@@H]1CCc2cc(O)ccc2C1. The second kappa shape index (κ2) is 12.6. The van der Waals surface area contributed by atoms with Gasteiger partial charge >= 0.3 is 0 Å². The van der Waals surface area contributed by atoms with Crippen molar-refractivity contribution in [2.24, 2.45) is 11.8 Å². The molecule has 0 saturated carbocycles. The Morgan fingerprint density at radius 2 is 1.86 bits per heavy atom. The number of benzene rings is 1. The Hall–Kier alpha value is -2.08. The molecule has 2 unspecified atom stereocenters. The lowest BCUT2D eigenvalue weighted by molar-refractivity contribution is 0.148. The first-order valence-corrected chi connectivity index (χ1v) is 15.2. The van der Waals surface area contributed by atoms with Gasteiger partial charge in [0, 0.05) is 28.9 Å². The Kier molecular flexibility index (Phi) is 9.06. The van der Waals surface area contributed by atoms with Crippen molar-refractivity contribution in [3.63, 3.8) is 0 Å². The van der Waals surface area contributed by atoms with E-state index in [1.54, 1.807) is 7.11 Å². The molecule has 5 rings (SSSR count). The van der Waals surface area contributed by atoms with Crippen LogP contribution in [0.5, 0.6) is 5.75 Å². The zero-order valence-electron chi connectivity index (χ0n) is 22.7. The predicted molar refractivity (Wildman–Crippen MR) is 154 cm³/mol. The van der Waals surface area contributed by atoms with Gasteiger partial charge in [-0.15, -0.1) is 11.3 Å². The predicted octanol–water partition coefficient (Wildman–Crippen LogP) is 6.58. The van der Waals surface area contributed by atoms with Crippen molar-refractivity contribution in [3.05, 3.63) is 75.2 Å². The standard InChI is InChI=1S/C32H44N2O2S/c1-3-34(23-30-14-13-29(37-30)16-19-33-17-6-4-5-7-18-33)32-22-28(36-2)12-15-31(32)26-9-8-25-21-27(35)11-10-24(25)20-26/h10-15,21-22,26,31-32,35H,3-9,16-20,23H2,1-2H3/t26-,31?,32?/m1/s1. The average molecular weight is 521 g/mol. The number of likely N-dealkylation sites (N-methyl/N-ethyl adjacent to an activating group) is 1. The summed E-state index contributed by atoms with van der Waals surface area (Å²) in [7, 11) is 1.78. The number of phenolic OH excluding ortho intramolecular Hbond substituents is 1. The Morgan fingerprint density at radius 1 is 1.05 bits per heavy atom. The number of ether oxygens (including phenoxy) is 1. The molecule has 4 nitrogen and oxygen atoms in total. The molecule has 1 aliphatic heterocycles. The molecule has 1 N–H and O–H groups in total. The monoisotopic (exact) mass is 520 g/mol. The summed E-state index contributed by atoms with van der Waals surface area (Å²) in [6, 6.07) is 11.0. The average Bonchev–Trinajstić information content (AvgIpc) is 3.21. The zero-order valence-corrected chi connectivity index (χ0v) is 23.5. The molecule has 0 radical (unpaired) electrons. The lowest BCUT2D eigenvalue weighted by Crippen LogP contribution is -2.43. The highest BCUT2D eigenvalue weighted by Crippen LogP contribution is 2.38. The molecule has 0 bridgehead atoms. The van der Waals surface area contributed by atoms with E-state index in [1.165, 1.54) is 72.6 Å². The van der Waals surface area contributed by atoms with Crippen LogP contribution in [0.1, 0.15) is 59.9 Å². The van der Waals surface area contributed by atoms with Crippen LogP contribution in [-0.2, 0) is 30.5 Å². The Labute approximate surface area is 227 Å². The summed E-state index contributed by atoms with van der Waals surface area (Å²) in [6.45, 7) is 8.06. The van der Waals surface area contributed by atoms with E-state index in [-0.39, 0.29) is 0 Å². The van der Waals surface area contributed by atoms with Crippen LogP contribution in [0.3, 0.4) is 0 Å². The number of rotatable bonds is 9. The van der Waals surface area contributed by atoms with E-state index in [9.17, 15) is 5.11 Å². The molecule has 5 heteroatoms. The van der Waals surface area contributed by atoms with Gasteiger partial charge in [-0.3, -0.25) is 4.90 Å². The molecule has 1 saturated heterocycles. The summed E-state index contributed by atoms with van der Waals surface area (Å²) in [6.07, 6.45) is 16.9. The number of hydrogen-bond acceptors (Lipinski definition) is 5. The van der Waals surface area contributed by atoms with Crippen molar-refractivity contribution in [1.82, 2.24) is 9.80 Å². The lowest BCUT2D eigenvalue weighted by Gasteiger charge is -2.40. The summed E-state index contributed by atoms with van der Waals surface area (Å²) < 4.78 is 5.69.